The molecule has 1 aliphatic heterocycles. The number of rotatable bonds is 5. The van der Waals surface area contributed by atoms with Gasteiger partial charge in [0.05, 0.1) is 6.04 Å². The maximum Gasteiger partial charge on any atom is 0.164 e. The van der Waals surface area contributed by atoms with Gasteiger partial charge < -0.3 is 5.32 Å². The monoisotopic (exact) mass is 514 g/mol. The molecule has 1 unspecified atom stereocenters. The lowest BCUT2D eigenvalue weighted by atomic mass is 9.89. The van der Waals surface area contributed by atoms with Crippen LogP contribution in [-0.4, -0.2) is 15.0 Å². The van der Waals surface area contributed by atoms with Crippen molar-refractivity contribution >= 4 is 10.8 Å². The van der Waals surface area contributed by atoms with E-state index in [2.05, 4.69) is 78.1 Å². The smallest absolute Gasteiger partial charge is 0.164 e. The van der Waals surface area contributed by atoms with Crippen molar-refractivity contribution in [1.82, 2.24) is 20.3 Å². The Morgan fingerprint density at radius 2 is 1.02 bits per heavy atom. The van der Waals surface area contributed by atoms with E-state index in [1.54, 1.807) is 0 Å². The van der Waals surface area contributed by atoms with Crippen molar-refractivity contribution in [3.8, 4) is 45.3 Å². The molecule has 0 radical (unpaired) electrons. The maximum atomic E-state index is 4.89. The van der Waals surface area contributed by atoms with E-state index < -0.39 is 0 Å². The van der Waals surface area contributed by atoms with Gasteiger partial charge in [0.25, 0.3) is 0 Å². The second-order valence-electron chi connectivity index (χ2n) is 9.75. The Balaban J connectivity index is 1.34. The Hall–Kier alpha value is -5.35. The molecule has 40 heavy (non-hydrogen) atoms. The van der Waals surface area contributed by atoms with Crippen LogP contribution >= 0.6 is 0 Å². The fourth-order valence-corrected chi connectivity index (χ4v) is 5.23. The molecule has 4 heteroatoms. The van der Waals surface area contributed by atoms with Gasteiger partial charge in [-0.3, -0.25) is 0 Å². The minimum atomic E-state index is 0.106. The SMILES string of the molecule is C1=CNC(c2ccc3ccccc3c2-c2ccc(-c3nc(-c4ccccc4)nc(-c4ccccc4)n3)cc2)C=C1. The number of hydrogen-bond donors (Lipinski definition) is 1. The third-order valence-corrected chi connectivity index (χ3v) is 7.21. The first-order chi connectivity index (χ1) is 19.8. The first kappa shape index (κ1) is 23.7. The van der Waals surface area contributed by atoms with Crippen LogP contribution in [0.3, 0.4) is 0 Å². The molecule has 4 nitrogen and oxygen atoms in total. The Labute approximate surface area is 233 Å². The fourth-order valence-electron chi connectivity index (χ4n) is 5.23. The summed E-state index contributed by atoms with van der Waals surface area (Å²) in [5.41, 5.74) is 6.49. The summed E-state index contributed by atoms with van der Waals surface area (Å²) in [6.45, 7) is 0. The van der Waals surface area contributed by atoms with Crippen LogP contribution in [0.25, 0.3) is 56.1 Å². The summed E-state index contributed by atoms with van der Waals surface area (Å²) in [5, 5.41) is 5.95. The zero-order valence-electron chi connectivity index (χ0n) is 21.8. The summed E-state index contributed by atoms with van der Waals surface area (Å²) in [6.07, 6.45) is 8.32. The normalized spacial score (nSPS) is 14.2. The summed E-state index contributed by atoms with van der Waals surface area (Å²) in [7, 11) is 0. The molecule has 0 amide bonds. The van der Waals surface area contributed by atoms with E-state index in [0.29, 0.717) is 17.5 Å². The number of hydrogen-bond acceptors (Lipinski definition) is 4. The largest absolute Gasteiger partial charge is 0.381 e. The highest BCUT2D eigenvalue weighted by atomic mass is 15.0. The van der Waals surface area contributed by atoms with Gasteiger partial charge in [-0.2, -0.15) is 0 Å². The van der Waals surface area contributed by atoms with Crippen molar-refractivity contribution in [2.24, 2.45) is 0 Å². The highest BCUT2D eigenvalue weighted by Gasteiger charge is 2.18. The Morgan fingerprint density at radius 1 is 0.475 bits per heavy atom. The van der Waals surface area contributed by atoms with Gasteiger partial charge in [-0.25, -0.2) is 15.0 Å². The van der Waals surface area contributed by atoms with E-state index in [4.69, 9.17) is 15.0 Å². The lowest BCUT2D eigenvalue weighted by Gasteiger charge is -2.22. The molecule has 1 aromatic heterocycles. The lowest BCUT2D eigenvalue weighted by Crippen LogP contribution is -2.16. The minimum absolute atomic E-state index is 0.106. The minimum Gasteiger partial charge on any atom is -0.381 e. The first-order valence-corrected chi connectivity index (χ1v) is 13.4. The molecule has 0 fully saturated rings. The highest BCUT2D eigenvalue weighted by molar-refractivity contribution is 5.99. The molecule has 5 aromatic carbocycles. The third-order valence-electron chi connectivity index (χ3n) is 7.21. The highest BCUT2D eigenvalue weighted by Crippen LogP contribution is 2.37. The average molecular weight is 515 g/mol. The number of nitrogens with one attached hydrogen (secondary N) is 1. The molecule has 1 aliphatic rings. The topological polar surface area (TPSA) is 50.7 Å². The van der Waals surface area contributed by atoms with Crippen LogP contribution in [0.5, 0.6) is 0 Å². The maximum absolute atomic E-state index is 4.89. The van der Waals surface area contributed by atoms with E-state index in [1.165, 1.54) is 21.9 Å². The van der Waals surface area contributed by atoms with E-state index in [9.17, 15) is 0 Å². The number of fused-ring (bicyclic) bond motifs is 1. The number of aromatic nitrogens is 3. The Morgan fingerprint density at radius 3 is 1.62 bits per heavy atom. The van der Waals surface area contributed by atoms with Gasteiger partial charge in [0.1, 0.15) is 0 Å². The molecule has 2 heterocycles. The van der Waals surface area contributed by atoms with Crippen LogP contribution in [0.2, 0.25) is 0 Å². The second kappa shape index (κ2) is 10.4. The molecule has 0 aliphatic carbocycles. The van der Waals surface area contributed by atoms with Crippen LogP contribution in [0.4, 0.5) is 0 Å². The Kier molecular flexibility index (Phi) is 6.19. The van der Waals surface area contributed by atoms with Gasteiger partial charge in [-0.1, -0.05) is 133 Å². The number of allylic oxidation sites excluding steroid dienone is 2. The molecule has 0 saturated heterocycles. The quantitative estimate of drug-likeness (QED) is 0.251. The molecule has 7 rings (SSSR count). The van der Waals surface area contributed by atoms with Crippen molar-refractivity contribution in [1.29, 1.82) is 0 Å². The number of dihydropyridines is 1. The third kappa shape index (κ3) is 4.56. The van der Waals surface area contributed by atoms with Gasteiger partial charge in [-0.05, 0) is 39.7 Å². The summed E-state index contributed by atoms with van der Waals surface area (Å²) < 4.78 is 0. The predicted molar refractivity (Wildman–Crippen MR) is 163 cm³/mol. The van der Waals surface area contributed by atoms with Crippen molar-refractivity contribution in [3.63, 3.8) is 0 Å². The van der Waals surface area contributed by atoms with Gasteiger partial charge >= 0.3 is 0 Å². The zero-order valence-corrected chi connectivity index (χ0v) is 21.8. The zero-order chi connectivity index (χ0) is 26.7. The summed E-state index contributed by atoms with van der Waals surface area (Å²) in [4.78, 5) is 14.6. The molecule has 0 saturated carbocycles. The summed E-state index contributed by atoms with van der Waals surface area (Å²) >= 11 is 0. The van der Waals surface area contributed by atoms with Crippen LogP contribution in [0.1, 0.15) is 11.6 Å². The molecular weight excluding hydrogens is 488 g/mol. The van der Waals surface area contributed by atoms with Crippen molar-refractivity contribution in [2.75, 3.05) is 0 Å². The molecule has 1 N–H and O–H groups in total. The van der Waals surface area contributed by atoms with Crippen molar-refractivity contribution in [2.45, 2.75) is 6.04 Å². The van der Waals surface area contributed by atoms with Crippen molar-refractivity contribution in [3.05, 3.63) is 151 Å². The predicted octanol–water partition coefficient (Wildman–Crippen LogP) is 8.41. The molecule has 190 valence electrons. The molecular formula is C36H26N4. The van der Waals surface area contributed by atoms with Crippen LogP contribution < -0.4 is 5.32 Å². The van der Waals surface area contributed by atoms with Crippen LogP contribution in [-0.2, 0) is 0 Å². The molecule has 1 atom stereocenters. The first-order valence-electron chi connectivity index (χ1n) is 13.4. The van der Waals surface area contributed by atoms with E-state index in [-0.39, 0.29) is 6.04 Å². The van der Waals surface area contributed by atoms with Gasteiger partial charge in [0.2, 0.25) is 0 Å². The standard InChI is InChI=1S/C36H26N4/c1-3-12-27(13-4-1)34-38-35(28-14-5-2-6-15-28)40-36(39-34)29-20-18-26(19-21-29)33-30-16-8-7-11-25(30)22-23-31(33)32-17-9-10-24-37-32/h1-24,32,37H. The molecule has 0 spiro atoms. The summed E-state index contributed by atoms with van der Waals surface area (Å²) in [5.74, 6) is 1.97. The van der Waals surface area contributed by atoms with Crippen LogP contribution in [0, 0.1) is 0 Å². The van der Waals surface area contributed by atoms with E-state index in [0.717, 1.165) is 22.3 Å². The molecule has 0 bridgehead atoms. The van der Waals surface area contributed by atoms with E-state index in [1.807, 2.05) is 72.9 Å². The number of benzene rings is 5. The van der Waals surface area contributed by atoms with Crippen LogP contribution in [0.15, 0.2) is 146 Å². The van der Waals surface area contributed by atoms with Crippen molar-refractivity contribution < 1.29 is 0 Å². The Bertz CT molecular complexity index is 1800. The fraction of sp³-hybridized carbons (Fsp3) is 0.0278. The lowest BCUT2D eigenvalue weighted by molar-refractivity contribution is 0.749. The number of nitrogens with zero attached hydrogens (tertiary/aromatic N) is 3. The van der Waals surface area contributed by atoms with Gasteiger partial charge in [0.15, 0.2) is 17.5 Å². The van der Waals surface area contributed by atoms with Gasteiger partial charge in [-0.15, -0.1) is 0 Å². The molecule has 6 aromatic rings. The van der Waals surface area contributed by atoms with Gasteiger partial charge in [0, 0.05) is 16.7 Å². The van der Waals surface area contributed by atoms with E-state index >= 15 is 0 Å². The average Bonchev–Trinajstić information content (AvgIpc) is 3.05. The second-order valence-corrected chi connectivity index (χ2v) is 9.75. The summed E-state index contributed by atoms with van der Waals surface area (Å²) in [6, 6.07) is 41.8.